The Morgan fingerprint density at radius 3 is 2.51 bits per heavy atom. The van der Waals surface area contributed by atoms with Gasteiger partial charge in [0.25, 0.3) is 0 Å². The second-order valence-corrected chi connectivity index (χ2v) is 13.6. The molecular formula is C34H47N3O6. The standard InChI is InChI=1S/C34H47N3O6/c1-6-23-28(20-38)37-19-30(23)43-32-26(35-25-16-15-22(41-5)17-27(25)36-32)13-9-7-8-11-21-12-10-14-29(21)42-31(39)18-24(33(37)40)34(2,3)4/h15-17,20-21,23-24,28-30H,6-14,18-19H2,1-5H3/t21-,23+,24-,28-,29-,30+/m1/s1. The lowest BCUT2D eigenvalue weighted by molar-refractivity contribution is -0.157. The molecule has 1 saturated heterocycles. The van der Waals surface area contributed by atoms with E-state index in [1.165, 1.54) is 0 Å². The first-order chi connectivity index (χ1) is 20.6. The molecule has 9 heteroatoms. The fourth-order valence-electron chi connectivity index (χ4n) is 7.24. The van der Waals surface area contributed by atoms with Gasteiger partial charge in [-0.15, -0.1) is 0 Å². The molecule has 2 aliphatic heterocycles. The maximum Gasteiger partial charge on any atom is 0.306 e. The van der Waals surface area contributed by atoms with Gasteiger partial charge in [-0.25, -0.2) is 9.97 Å². The number of nitrogens with zero attached hydrogens (tertiary/aromatic N) is 3. The van der Waals surface area contributed by atoms with Crippen LogP contribution in [0.4, 0.5) is 0 Å². The Hall–Kier alpha value is -3.23. The van der Waals surface area contributed by atoms with Gasteiger partial charge in [-0.05, 0) is 68.4 Å². The average molecular weight is 594 g/mol. The number of amides is 1. The first-order valence-corrected chi connectivity index (χ1v) is 16.1. The molecule has 0 unspecified atom stereocenters. The number of carbonyl (C=O) groups excluding carboxylic acids is 3. The van der Waals surface area contributed by atoms with Crippen LogP contribution in [0.1, 0.15) is 91.2 Å². The van der Waals surface area contributed by atoms with Gasteiger partial charge in [0.05, 0.1) is 43.1 Å². The third kappa shape index (κ3) is 6.80. The third-order valence-electron chi connectivity index (χ3n) is 9.79. The number of hydrogen-bond acceptors (Lipinski definition) is 8. The number of benzene rings is 1. The van der Waals surface area contributed by atoms with Gasteiger partial charge in [0.15, 0.2) is 0 Å². The van der Waals surface area contributed by atoms with Crippen molar-refractivity contribution in [3.8, 4) is 11.6 Å². The quantitative estimate of drug-likeness (QED) is 0.329. The number of ether oxygens (including phenoxy) is 3. The summed E-state index contributed by atoms with van der Waals surface area (Å²) in [4.78, 5) is 51.5. The molecule has 6 atom stereocenters. The van der Waals surface area contributed by atoms with Crippen molar-refractivity contribution in [3.05, 3.63) is 23.9 Å². The number of rotatable bonds is 3. The molecule has 234 valence electrons. The van der Waals surface area contributed by atoms with Crippen LogP contribution in [-0.4, -0.2) is 64.9 Å². The number of carbonyl (C=O) groups is 3. The Kier molecular flexibility index (Phi) is 9.57. The second-order valence-electron chi connectivity index (χ2n) is 13.6. The highest BCUT2D eigenvalue weighted by Gasteiger charge is 2.48. The summed E-state index contributed by atoms with van der Waals surface area (Å²) in [5.74, 6) is 0.126. The number of methoxy groups -OCH3 is 1. The summed E-state index contributed by atoms with van der Waals surface area (Å²) in [6.07, 6.45) is 8.70. The maximum atomic E-state index is 14.2. The van der Waals surface area contributed by atoms with Gasteiger partial charge >= 0.3 is 5.97 Å². The minimum Gasteiger partial charge on any atom is -0.497 e. The summed E-state index contributed by atoms with van der Waals surface area (Å²) in [7, 11) is 1.62. The number of fused-ring (bicyclic) bond motifs is 5. The van der Waals surface area contributed by atoms with Gasteiger partial charge in [-0.3, -0.25) is 9.59 Å². The van der Waals surface area contributed by atoms with Crippen molar-refractivity contribution in [3.63, 3.8) is 0 Å². The molecule has 43 heavy (non-hydrogen) atoms. The predicted molar refractivity (Wildman–Crippen MR) is 163 cm³/mol. The first-order valence-electron chi connectivity index (χ1n) is 16.1. The molecule has 5 rings (SSSR count). The normalized spacial score (nSPS) is 29.2. The largest absolute Gasteiger partial charge is 0.497 e. The smallest absolute Gasteiger partial charge is 0.306 e. The summed E-state index contributed by atoms with van der Waals surface area (Å²) < 4.78 is 18.1. The molecule has 0 N–H and O–H groups in total. The van der Waals surface area contributed by atoms with Gasteiger partial charge in [0.1, 0.15) is 29.9 Å². The summed E-state index contributed by atoms with van der Waals surface area (Å²) in [6, 6.07) is 4.98. The molecule has 1 amide bonds. The Balaban J connectivity index is 1.52. The molecule has 0 radical (unpaired) electrons. The summed E-state index contributed by atoms with van der Waals surface area (Å²) >= 11 is 0. The van der Waals surface area contributed by atoms with Crippen LogP contribution in [-0.2, 0) is 25.5 Å². The number of aromatic nitrogens is 2. The van der Waals surface area contributed by atoms with E-state index in [4.69, 9.17) is 24.2 Å². The molecular weight excluding hydrogens is 546 g/mol. The molecule has 0 spiro atoms. The zero-order chi connectivity index (χ0) is 30.7. The van der Waals surface area contributed by atoms with Crippen molar-refractivity contribution in [1.82, 2.24) is 14.9 Å². The highest BCUT2D eigenvalue weighted by atomic mass is 16.5. The SMILES string of the molecule is CC[C@@H]1[C@@H]2CN(C(=O)[C@H](C(C)(C)C)CC(=O)O[C@@H]3CCC[C@H]3CCCCCc3nc4ccc(OC)cc4nc3O2)[C@@H]1C=O. The van der Waals surface area contributed by atoms with E-state index >= 15 is 0 Å². The fraction of sp³-hybridized carbons (Fsp3) is 0.676. The minimum atomic E-state index is -0.651. The maximum absolute atomic E-state index is 14.2. The lowest BCUT2D eigenvalue weighted by Crippen LogP contribution is -2.46. The van der Waals surface area contributed by atoms with Crippen LogP contribution in [0.3, 0.4) is 0 Å². The van der Waals surface area contributed by atoms with Crippen LogP contribution in [0, 0.1) is 23.2 Å². The lowest BCUT2D eigenvalue weighted by atomic mass is 9.77. The van der Waals surface area contributed by atoms with Crippen LogP contribution >= 0.6 is 0 Å². The fourth-order valence-corrected chi connectivity index (χ4v) is 7.24. The van der Waals surface area contributed by atoms with Crippen molar-refractivity contribution < 1.29 is 28.6 Å². The zero-order valence-corrected chi connectivity index (χ0v) is 26.3. The van der Waals surface area contributed by atoms with E-state index in [9.17, 15) is 14.4 Å². The Bertz CT molecular complexity index is 1320. The Morgan fingerprint density at radius 1 is 1.00 bits per heavy atom. The van der Waals surface area contributed by atoms with Crippen molar-refractivity contribution in [1.29, 1.82) is 0 Å². The number of aryl methyl sites for hydroxylation is 1. The molecule has 1 saturated carbocycles. The molecule has 2 aromatic rings. The van der Waals surface area contributed by atoms with Crippen molar-refractivity contribution in [2.75, 3.05) is 13.7 Å². The molecule has 1 aliphatic carbocycles. The van der Waals surface area contributed by atoms with E-state index < -0.39 is 23.5 Å². The van der Waals surface area contributed by atoms with E-state index in [1.54, 1.807) is 12.0 Å². The highest BCUT2D eigenvalue weighted by molar-refractivity contribution is 5.87. The molecule has 3 aliphatic rings. The summed E-state index contributed by atoms with van der Waals surface area (Å²) in [6.45, 7) is 8.15. The van der Waals surface area contributed by atoms with E-state index in [0.29, 0.717) is 35.9 Å². The summed E-state index contributed by atoms with van der Waals surface area (Å²) in [5.41, 5.74) is 1.73. The molecule has 1 aromatic heterocycles. The van der Waals surface area contributed by atoms with Crippen LogP contribution in [0.15, 0.2) is 18.2 Å². The van der Waals surface area contributed by atoms with Crippen molar-refractivity contribution in [2.24, 2.45) is 23.2 Å². The van der Waals surface area contributed by atoms with Gasteiger partial charge in [0, 0.05) is 12.0 Å². The van der Waals surface area contributed by atoms with Crippen molar-refractivity contribution in [2.45, 2.75) is 110 Å². The minimum absolute atomic E-state index is 0.00191. The summed E-state index contributed by atoms with van der Waals surface area (Å²) in [5, 5.41) is 0. The highest BCUT2D eigenvalue weighted by Crippen LogP contribution is 2.38. The lowest BCUT2D eigenvalue weighted by Gasteiger charge is -2.34. The third-order valence-corrected chi connectivity index (χ3v) is 9.79. The number of hydrogen-bond donors (Lipinski definition) is 0. The van der Waals surface area contributed by atoms with Crippen LogP contribution in [0.5, 0.6) is 11.6 Å². The van der Waals surface area contributed by atoms with E-state index in [1.807, 2.05) is 45.9 Å². The molecule has 2 bridgehead atoms. The Morgan fingerprint density at radius 2 is 1.79 bits per heavy atom. The van der Waals surface area contributed by atoms with E-state index in [0.717, 1.165) is 62.4 Å². The Labute approximate surface area is 255 Å². The molecule has 2 fully saturated rings. The van der Waals surface area contributed by atoms with Crippen LogP contribution < -0.4 is 9.47 Å². The second kappa shape index (κ2) is 13.2. The van der Waals surface area contributed by atoms with Crippen LogP contribution in [0.2, 0.25) is 0 Å². The van der Waals surface area contributed by atoms with Gasteiger partial charge in [-0.1, -0.05) is 40.5 Å². The molecule has 9 nitrogen and oxygen atoms in total. The number of esters is 1. The first kappa shape index (κ1) is 31.2. The van der Waals surface area contributed by atoms with E-state index in [-0.39, 0.29) is 36.9 Å². The number of aldehydes is 1. The van der Waals surface area contributed by atoms with Gasteiger partial charge < -0.3 is 23.9 Å². The van der Waals surface area contributed by atoms with Gasteiger partial charge in [-0.2, -0.15) is 0 Å². The molecule has 1 aromatic carbocycles. The van der Waals surface area contributed by atoms with E-state index in [2.05, 4.69) is 0 Å². The topological polar surface area (TPSA) is 108 Å². The van der Waals surface area contributed by atoms with Crippen molar-refractivity contribution >= 4 is 29.2 Å². The van der Waals surface area contributed by atoms with Crippen LogP contribution in [0.25, 0.3) is 11.0 Å². The predicted octanol–water partition coefficient (Wildman–Crippen LogP) is 5.70. The average Bonchev–Trinajstić information content (AvgIpc) is 3.57. The zero-order valence-electron chi connectivity index (χ0n) is 26.3. The monoisotopic (exact) mass is 593 g/mol. The van der Waals surface area contributed by atoms with Gasteiger partial charge in [0.2, 0.25) is 11.8 Å². The molecule has 3 heterocycles.